The van der Waals surface area contributed by atoms with Crippen LogP contribution >= 0.6 is 0 Å². The van der Waals surface area contributed by atoms with E-state index in [1.807, 2.05) is 43.3 Å². The third-order valence-electron chi connectivity index (χ3n) is 4.81. The molecular weight excluding hydrogens is 383 g/mol. The van der Waals surface area contributed by atoms with Gasteiger partial charge in [0.25, 0.3) is 0 Å². The normalized spacial score (nSPS) is 16.1. The minimum Gasteiger partial charge on any atom is -0.447 e. The van der Waals surface area contributed by atoms with Crippen LogP contribution in [0.1, 0.15) is 6.92 Å². The Morgan fingerprint density at radius 1 is 1.20 bits per heavy atom. The SMILES string of the molecule is C=C(C=CC)C1COC(=O)N1c1ccc(-c2cnc(F)c(-c3ncccn3)c2)cc1. The summed E-state index contributed by atoms with van der Waals surface area (Å²) in [5.74, 6) is -0.363. The van der Waals surface area contributed by atoms with Crippen LogP contribution in [0.15, 0.2) is 79.3 Å². The van der Waals surface area contributed by atoms with Crippen LogP contribution < -0.4 is 4.90 Å². The fourth-order valence-corrected chi connectivity index (χ4v) is 3.32. The summed E-state index contributed by atoms with van der Waals surface area (Å²) < 4.78 is 19.4. The highest BCUT2D eigenvalue weighted by Gasteiger charge is 2.35. The second kappa shape index (κ2) is 8.24. The number of allylic oxidation sites excluding steroid dienone is 1. The van der Waals surface area contributed by atoms with Gasteiger partial charge in [0.05, 0.1) is 11.6 Å². The van der Waals surface area contributed by atoms with Crippen LogP contribution in [0.3, 0.4) is 0 Å². The molecule has 1 aromatic carbocycles. The molecule has 1 fully saturated rings. The summed E-state index contributed by atoms with van der Waals surface area (Å²) in [5, 5.41) is 0. The highest BCUT2D eigenvalue weighted by atomic mass is 19.1. The molecule has 30 heavy (non-hydrogen) atoms. The number of benzene rings is 1. The van der Waals surface area contributed by atoms with Gasteiger partial charge in [0.15, 0.2) is 5.82 Å². The maximum atomic E-state index is 14.2. The molecule has 6 nitrogen and oxygen atoms in total. The Balaban J connectivity index is 1.64. The van der Waals surface area contributed by atoms with Crippen LogP contribution in [0.4, 0.5) is 14.9 Å². The van der Waals surface area contributed by atoms with Gasteiger partial charge in [-0.15, -0.1) is 0 Å². The van der Waals surface area contributed by atoms with Crippen molar-refractivity contribution in [3.63, 3.8) is 0 Å². The van der Waals surface area contributed by atoms with E-state index in [1.54, 1.807) is 29.4 Å². The van der Waals surface area contributed by atoms with E-state index in [0.717, 1.165) is 11.1 Å². The third kappa shape index (κ3) is 3.69. The zero-order valence-corrected chi connectivity index (χ0v) is 16.3. The lowest BCUT2D eigenvalue weighted by Gasteiger charge is -2.22. The first-order valence-electron chi connectivity index (χ1n) is 9.39. The van der Waals surface area contributed by atoms with Gasteiger partial charge in [0.2, 0.25) is 5.95 Å². The Labute approximate surface area is 173 Å². The van der Waals surface area contributed by atoms with Gasteiger partial charge in [0, 0.05) is 29.8 Å². The van der Waals surface area contributed by atoms with Crippen LogP contribution in [0.25, 0.3) is 22.5 Å². The van der Waals surface area contributed by atoms with Crippen LogP contribution in [-0.2, 0) is 4.74 Å². The number of ether oxygens (including phenoxy) is 1. The van der Waals surface area contributed by atoms with E-state index < -0.39 is 12.0 Å². The molecule has 3 heterocycles. The van der Waals surface area contributed by atoms with E-state index in [4.69, 9.17) is 4.74 Å². The number of halogens is 1. The van der Waals surface area contributed by atoms with Gasteiger partial charge in [0.1, 0.15) is 6.61 Å². The predicted molar refractivity (Wildman–Crippen MR) is 112 cm³/mol. The van der Waals surface area contributed by atoms with Crippen LogP contribution in [-0.4, -0.2) is 33.7 Å². The first-order valence-corrected chi connectivity index (χ1v) is 9.39. The molecule has 1 saturated heterocycles. The summed E-state index contributed by atoms with van der Waals surface area (Å²) in [6.07, 6.45) is 7.89. The summed E-state index contributed by atoms with van der Waals surface area (Å²) in [6, 6.07) is 10.4. The third-order valence-corrected chi connectivity index (χ3v) is 4.81. The van der Waals surface area contributed by atoms with Crippen LogP contribution in [0.2, 0.25) is 0 Å². The lowest BCUT2D eigenvalue weighted by molar-refractivity contribution is 0.179. The van der Waals surface area contributed by atoms with Crippen LogP contribution in [0, 0.1) is 5.95 Å². The summed E-state index contributed by atoms with van der Waals surface area (Å²) in [5.41, 5.74) is 3.24. The van der Waals surface area contributed by atoms with Gasteiger partial charge in [-0.1, -0.05) is 30.9 Å². The van der Waals surface area contributed by atoms with Crippen molar-refractivity contribution in [3.8, 4) is 22.5 Å². The van der Waals surface area contributed by atoms with Crippen molar-refractivity contribution in [1.82, 2.24) is 15.0 Å². The molecule has 0 N–H and O–H groups in total. The molecule has 0 spiro atoms. The number of amides is 1. The predicted octanol–water partition coefficient (Wildman–Crippen LogP) is 4.80. The monoisotopic (exact) mass is 402 g/mol. The Kier molecular flexibility index (Phi) is 5.34. The fourth-order valence-electron chi connectivity index (χ4n) is 3.32. The Morgan fingerprint density at radius 3 is 2.63 bits per heavy atom. The number of pyridine rings is 1. The summed E-state index contributed by atoms with van der Waals surface area (Å²) in [4.78, 5) is 25.9. The van der Waals surface area contributed by atoms with Crippen LogP contribution in [0.5, 0.6) is 0 Å². The lowest BCUT2D eigenvalue weighted by atomic mass is 10.0. The standard InChI is InChI=1S/C23H19FN4O2/c1-3-5-15(2)20-14-30-23(29)28(20)18-8-6-16(7-9-18)17-12-19(21(24)27-13-17)22-25-10-4-11-26-22/h3-13,20H,2,14H2,1H3. The summed E-state index contributed by atoms with van der Waals surface area (Å²) >= 11 is 0. The molecule has 0 aliphatic carbocycles. The molecule has 1 atom stereocenters. The first-order chi connectivity index (χ1) is 14.6. The van der Waals surface area contributed by atoms with E-state index in [0.29, 0.717) is 11.3 Å². The van der Waals surface area contributed by atoms with Gasteiger partial charge in [-0.05, 0) is 42.3 Å². The number of anilines is 1. The number of carbonyl (C=O) groups excluding carboxylic acids is 1. The van der Waals surface area contributed by atoms with Crippen molar-refractivity contribution in [2.75, 3.05) is 11.5 Å². The second-order valence-corrected chi connectivity index (χ2v) is 6.72. The maximum Gasteiger partial charge on any atom is 0.415 e. The minimum absolute atomic E-state index is 0.225. The Morgan fingerprint density at radius 2 is 1.93 bits per heavy atom. The van der Waals surface area contributed by atoms with Crippen molar-refractivity contribution < 1.29 is 13.9 Å². The maximum absolute atomic E-state index is 14.2. The Hall–Kier alpha value is -3.87. The largest absolute Gasteiger partial charge is 0.447 e. The first kappa shape index (κ1) is 19.4. The molecule has 2 aromatic heterocycles. The summed E-state index contributed by atoms with van der Waals surface area (Å²) in [7, 11) is 0. The molecule has 1 unspecified atom stereocenters. The van der Waals surface area contributed by atoms with Crippen molar-refractivity contribution in [2.45, 2.75) is 13.0 Å². The van der Waals surface area contributed by atoms with E-state index in [2.05, 4.69) is 21.5 Å². The van der Waals surface area contributed by atoms with Gasteiger partial charge in [-0.3, -0.25) is 4.90 Å². The molecule has 0 radical (unpaired) electrons. The molecule has 0 bridgehead atoms. The fraction of sp³-hybridized carbons (Fsp3) is 0.130. The second-order valence-electron chi connectivity index (χ2n) is 6.72. The number of hydrogen-bond donors (Lipinski definition) is 0. The quantitative estimate of drug-likeness (QED) is 0.453. The number of cyclic esters (lactones) is 1. The lowest BCUT2D eigenvalue weighted by Crippen LogP contribution is -2.34. The topological polar surface area (TPSA) is 68.2 Å². The van der Waals surface area contributed by atoms with Crippen molar-refractivity contribution in [3.05, 3.63) is 85.2 Å². The minimum atomic E-state index is -0.633. The van der Waals surface area contributed by atoms with E-state index in [1.165, 1.54) is 6.20 Å². The average molecular weight is 402 g/mol. The average Bonchev–Trinajstić information content (AvgIpc) is 3.16. The van der Waals surface area contributed by atoms with E-state index >= 15 is 0 Å². The molecule has 1 aliphatic heterocycles. The molecule has 0 saturated carbocycles. The number of carbonyl (C=O) groups is 1. The molecule has 4 rings (SSSR count). The zero-order valence-electron chi connectivity index (χ0n) is 16.3. The molecular formula is C23H19FN4O2. The number of rotatable bonds is 5. The molecule has 3 aromatic rings. The van der Waals surface area contributed by atoms with Gasteiger partial charge >= 0.3 is 6.09 Å². The van der Waals surface area contributed by atoms with Gasteiger partial charge in [-0.25, -0.2) is 19.7 Å². The molecule has 1 aliphatic rings. The van der Waals surface area contributed by atoms with E-state index in [9.17, 15) is 9.18 Å². The smallest absolute Gasteiger partial charge is 0.415 e. The zero-order chi connectivity index (χ0) is 21.1. The van der Waals surface area contributed by atoms with Gasteiger partial charge < -0.3 is 4.74 Å². The van der Waals surface area contributed by atoms with Crippen molar-refractivity contribution in [1.29, 1.82) is 0 Å². The molecule has 150 valence electrons. The van der Waals surface area contributed by atoms with Crippen molar-refractivity contribution in [2.24, 2.45) is 0 Å². The highest BCUT2D eigenvalue weighted by Crippen LogP contribution is 2.30. The number of nitrogens with zero attached hydrogens (tertiary/aromatic N) is 4. The van der Waals surface area contributed by atoms with E-state index in [-0.39, 0.29) is 24.0 Å². The highest BCUT2D eigenvalue weighted by molar-refractivity contribution is 5.91. The van der Waals surface area contributed by atoms with Crippen molar-refractivity contribution >= 4 is 11.8 Å². The molecule has 7 heteroatoms. The van der Waals surface area contributed by atoms with Gasteiger partial charge in [-0.2, -0.15) is 4.39 Å². The molecule has 1 amide bonds. The number of aromatic nitrogens is 3. The Bertz CT molecular complexity index is 1110. The summed E-state index contributed by atoms with van der Waals surface area (Å²) in [6.45, 7) is 6.18. The number of hydrogen-bond acceptors (Lipinski definition) is 5.